The Morgan fingerprint density at radius 1 is 1.45 bits per heavy atom. The number of pyridine rings is 1. The van der Waals surface area contributed by atoms with E-state index in [0.717, 1.165) is 50.4 Å². The number of anilines is 1. The SMILES string of the molecule is CN(N)SOc1cccc(NCCCC2CN(C(=O)OC(C)(C)C)C(C)(C)C2)n1. The van der Waals surface area contributed by atoms with Gasteiger partial charge in [-0.3, -0.25) is 5.84 Å². The summed E-state index contributed by atoms with van der Waals surface area (Å²) in [5, 5.41) is 3.33. The lowest BCUT2D eigenvalue weighted by atomic mass is 9.93. The molecule has 0 saturated carbocycles. The molecule has 9 heteroatoms. The third-order valence-electron chi connectivity index (χ3n) is 4.63. The van der Waals surface area contributed by atoms with Gasteiger partial charge in [-0.25, -0.2) is 4.79 Å². The van der Waals surface area contributed by atoms with E-state index in [1.165, 1.54) is 4.41 Å². The van der Waals surface area contributed by atoms with E-state index in [2.05, 4.69) is 24.1 Å². The fraction of sp³-hybridized carbons (Fsp3) is 0.700. The van der Waals surface area contributed by atoms with Crippen molar-refractivity contribution >= 4 is 24.1 Å². The van der Waals surface area contributed by atoms with Crippen molar-refractivity contribution in [2.45, 2.75) is 65.0 Å². The molecule has 2 rings (SSSR count). The molecule has 0 aliphatic carbocycles. The second kappa shape index (κ2) is 9.86. The first-order valence-electron chi connectivity index (χ1n) is 10.0. The Hall–Kier alpha value is -1.71. The number of carbonyl (C=O) groups excluding carboxylic acids is 1. The number of likely N-dealkylation sites (tertiary alicyclic amines) is 1. The van der Waals surface area contributed by atoms with E-state index in [-0.39, 0.29) is 11.6 Å². The van der Waals surface area contributed by atoms with E-state index in [1.807, 2.05) is 37.8 Å². The Labute approximate surface area is 178 Å². The highest BCUT2D eigenvalue weighted by Crippen LogP contribution is 2.36. The third-order valence-corrected chi connectivity index (χ3v) is 5.11. The van der Waals surface area contributed by atoms with Gasteiger partial charge < -0.3 is 19.1 Å². The molecule has 1 aliphatic rings. The Morgan fingerprint density at radius 2 is 2.17 bits per heavy atom. The van der Waals surface area contributed by atoms with Gasteiger partial charge in [-0.2, -0.15) is 9.40 Å². The molecule has 1 amide bonds. The van der Waals surface area contributed by atoms with Crippen LogP contribution in [0.15, 0.2) is 18.2 Å². The van der Waals surface area contributed by atoms with Gasteiger partial charge in [0.1, 0.15) is 11.4 Å². The molecule has 1 fully saturated rings. The van der Waals surface area contributed by atoms with Gasteiger partial charge in [0, 0.05) is 31.7 Å². The first-order valence-corrected chi connectivity index (χ1v) is 10.7. The molecule has 1 unspecified atom stereocenters. The van der Waals surface area contributed by atoms with Crippen molar-refractivity contribution in [3.8, 4) is 5.88 Å². The molecule has 8 nitrogen and oxygen atoms in total. The molecular formula is C20H35N5O3S. The zero-order valence-electron chi connectivity index (χ0n) is 18.4. The predicted octanol–water partition coefficient (Wildman–Crippen LogP) is 4.06. The first kappa shape index (κ1) is 23.6. The average molecular weight is 426 g/mol. The van der Waals surface area contributed by atoms with Gasteiger partial charge in [-0.1, -0.05) is 6.07 Å². The van der Waals surface area contributed by atoms with Crippen LogP contribution in [0.25, 0.3) is 0 Å². The number of hydrazine groups is 1. The van der Waals surface area contributed by atoms with Crippen LogP contribution in [0, 0.1) is 5.92 Å². The van der Waals surface area contributed by atoms with Gasteiger partial charge in [-0.15, -0.1) is 0 Å². The molecule has 164 valence electrons. The summed E-state index contributed by atoms with van der Waals surface area (Å²) in [7, 11) is 1.70. The van der Waals surface area contributed by atoms with Gasteiger partial charge in [0.05, 0.1) is 0 Å². The molecule has 1 aromatic rings. The molecule has 1 atom stereocenters. The molecule has 1 aliphatic heterocycles. The Morgan fingerprint density at radius 3 is 2.83 bits per heavy atom. The quantitative estimate of drug-likeness (QED) is 0.212. The normalized spacial score (nSPS) is 18.8. The second-order valence-corrected chi connectivity index (χ2v) is 10.00. The van der Waals surface area contributed by atoms with Crippen LogP contribution in [0.2, 0.25) is 0 Å². The maximum absolute atomic E-state index is 12.5. The second-order valence-electron chi connectivity index (χ2n) is 9.11. The van der Waals surface area contributed by atoms with Gasteiger partial charge >= 0.3 is 6.09 Å². The highest BCUT2D eigenvalue weighted by Gasteiger charge is 2.42. The molecular weight excluding hydrogens is 390 g/mol. The lowest BCUT2D eigenvalue weighted by molar-refractivity contribution is 0.0131. The molecule has 2 heterocycles. The lowest BCUT2D eigenvalue weighted by Crippen LogP contribution is -2.45. The summed E-state index contributed by atoms with van der Waals surface area (Å²) in [5.41, 5.74) is -0.653. The summed E-state index contributed by atoms with van der Waals surface area (Å²) < 4.78 is 12.3. The molecule has 1 aromatic heterocycles. The lowest BCUT2D eigenvalue weighted by Gasteiger charge is -2.33. The minimum absolute atomic E-state index is 0.179. The standard InChI is InChI=1S/C20H35N5O3S/c1-19(2,3)27-18(26)25-14-15(13-20(25,4)5)9-8-12-22-16-10-7-11-17(23-16)28-29-24(6)21/h7,10-11,15H,8-9,12-14,21H2,1-6H3,(H,22,23). The number of carbonyl (C=O) groups is 1. The number of hydrogen-bond donors (Lipinski definition) is 2. The van der Waals surface area contributed by atoms with E-state index in [0.29, 0.717) is 11.8 Å². The van der Waals surface area contributed by atoms with Crippen molar-refractivity contribution in [3.63, 3.8) is 0 Å². The maximum atomic E-state index is 12.5. The van der Waals surface area contributed by atoms with E-state index >= 15 is 0 Å². The summed E-state index contributed by atoms with van der Waals surface area (Å²) in [6.07, 6.45) is 2.80. The largest absolute Gasteiger partial charge is 0.444 e. The first-order chi connectivity index (χ1) is 13.5. The van der Waals surface area contributed by atoms with E-state index in [1.54, 1.807) is 13.1 Å². The highest BCUT2D eigenvalue weighted by atomic mass is 32.2. The van der Waals surface area contributed by atoms with Crippen molar-refractivity contribution < 1.29 is 13.7 Å². The third kappa shape index (κ3) is 7.91. The molecule has 3 N–H and O–H groups in total. The van der Waals surface area contributed by atoms with Crippen LogP contribution in [0.1, 0.15) is 53.9 Å². The summed E-state index contributed by atoms with van der Waals surface area (Å²) in [6.45, 7) is 11.5. The van der Waals surface area contributed by atoms with Crippen LogP contribution in [0.4, 0.5) is 10.6 Å². The smallest absolute Gasteiger partial charge is 0.410 e. The maximum Gasteiger partial charge on any atom is 0.410 e. The molecule has 0 spiro atoms. The van der Waals surface area contributed by atoms with Crippen molar-refractivity contribution in [1.29, 1.82) is 0 Å². The fourth-order valence-electron chi connectivity index (χ4n) is 3.48. The van der Waals surface area contributed by atoms with Crippen molar-refractivity contribution in [3.05, 3.63) is 18.2 Å². The van der Waals surface area contributed by atoms with Gasteiger partial charge in [0.25, 0.3) is 0 Å². The zero-order valence-corrected chi connectivity index (χ0v) is 19.2. The highest BCUT2D eigenvalue weighted by molar-refractivity contribution is 7.92. The Balaban J connectivity index is 1.77. The molecule has 29 heavy (non-hydrogen) atoms. The molecule has 0 bridgehead atoms. The number of nitrogens with one attached hydrogen (secondary N) is 1. The number of rotatable bonds is 8. The minimum atomic E-state index is -0.474. The van der Waals surface area contributed by atoms with Crippen LogP contribution in [-0.4, -0.2) is 51.7 Å². The summed E-state index contributed by atoms with van der Waals surface area (Å²) in [6, 6.07) is 5.58. The Bertz CT molecular complexity index is 678. The number of hydrogen-bond acceptors (Lipinski definition) is 8. The minimum Gasteiger partial charge on any atom is -0.444 e. The summed E-state index contributed by atoms with van der Waals surface area (Å²) in [5.74, 6) is 7.25. The van der Waals surface area contributed by atoms with Crippen molar-refractivity contribution in [2.24, 2.45) is 11.8 Å². The molecule has 1 saturated heterocycles. The van der Waals surface area contributed by atoms with E-state index in [4.69, 9.17) is 14.8 Å². The predicted molar refractivity (Wildman–Crippen MR) is 117 cm³/mol. The average Bonchev–Trinajstić information content (AvgIpc) is 2.90. The van der Waals surface area contributed by atoms with E-state index in [9.17, 15) is 4.79 Å². The topological polar surface area (TPSA) is 93.0 Å². The van der Waals surface area contributed by atoms with Crippen LogP contribution >= 0.6 is 12.2 Å². The number of ether oxygens (including phenoxy) is 1. The number of nitrogens with zero attached hydrogens (tertiary/aromatic N) is 3. The van der Waals surface area contributed by atoms with Crippen LogP contribution in [0.5, 0.6) is 5.88 Å². The van der Waals surface area contributed by atoms with Crippen molar-refractivity contribution in [2.75, 3.05) is 25.5 Å². The number of amides is 1. The summed E-state index contributed by atoms with van der Waals surface area (Å²) in [4.78, 5) is 18.8. The monoisotopic (exact) mass is 425 g/mol. The van der Waals surface area contributed by atoms with E-state index < -0.39 is 5.60 Å². The van der Waals surface area contributed by atoms with Gasteiger partial charge in [0.15, 0.2) is 12.2 Å². The van der Waals surface area contributed by atoms with Crippen LogP contribution in [-0.2, 0) is 4.74 Å². The Kier molecular flexibility index (Phi) is 8.02. The van der Waals surface area contributed by atoms with Gasteiger partial charge in [-0.05, 0) is 65.9 Å². The molecule has 0 radical (unpaired) electrons. The van der Waals surface area contributed by atoms with Crippen LogP contribution in [0.3, 0.4) is 0 Å². The number of aromatic nitrogens is 1. The number of nitrogens with two attached hydrogens (primary N) is 1. The van der Waals surface area contributed by atoms with Crippen LogP contribution < -0.4 is 15.3 Å². The summed E-state index contributed by atoms with van der Waals surface area (Å²) >= 11 is 1.02. The van der Waals surface area contributed by atoms with Gasteiger partial charge in [0.2, 0.25) is 5.88 Å². The fourth-order valence-corrected chi connectivity index (χ4v) is 3.77. The molecule has 0 aromatic carbocycles. The zero-order chi connectivity index (χ0) is 21.7. The van der Waals surface area contributed by atoms with Crippen molar-refractivity contribution in [1.82, 2.24) is 14.3 Å².